The van der Waals surface area contributed by atoms with Gasteiger partial charge in [0.15, 0.2) is 5.13 Å². The van der Waals surface area contributed by atoms with Gasteiger partial charge in [-0.25, -0.2) is 4.98 Å². The van der Waals surface area contributed by atoms with Crippen molar-refractivity contribution in [3.63, 3.8) is 0 Å². The summed E-state index contributed by atoms with van der Waals surface area (Å²) >= 11 is 8.35. The molecule has 3 rings (SSSR count). The number of rotatable bonds is 6. The molecule has 3 aromatic rings. The van der Waals surface area contributed by atoms with Gasteiger partial charge in [0, 0.05) is 21.9 Å². The highest BCUT2D eigenvalue weighted by Gasteiger charge is 2.15. The summed E-state index contributed by atoms with van der Waals surface area (Å²) < 4.78 is 15.8. The lowest BCUT2D eigenvalue weighted by Gasteiger charge is -2.10. The average Bonchev–Trinajstić information content (AvgIpc) is 3.27. The number of ether oxygens (including phenoxy) is 3. The van der Waals surface area contributed by atoms with Crippen molar-refractivity contribution < 1.29 is 14.2 Å². The molecule has 1 aromatic carbocycles. The van der Waals surface area contributed by atoms with Crippen molar-refractivity contribution >= 4 is 50.8 Å². The maximum absolute atomic E-state index is 5.40. The van der Waals surface area contributed by atoms with Crippen LogP contribution in [0.1, 0.15) is 9.75 Å². The Morgan fingerprint density at radius 2 is 1.96 bits per heavy atom. The zero-order valence-corrected chi connectivity index (χ0v) is 17.2. The number of thiophene rings is 1. The van der Waals surface area contributed by atoms with Crippen molar-refractivity contribution in [1.29, 1.82) is 0 Å². The summed E-state index contributed by atoms with van der Waals surface area (Å²) in [5.41, 5.74) is 2.76. The number of hydrogen-bond donors (Lipinski definition) is 1. The highest BCUT2D eigenvalue weighted by molar-refractivity contribution is 7.80. The molecule has 0 atom stereocenters. The first kappa shape index (κ1) is 18.6. The minimum atomic E-state index is 0.499. The molecule has 5 nitrogen and oxygen atoms in total. The predicted octanol–water partition coefficient (Wildman–Crippen LogP) is 5.26. The van der Waals surface area contributed by atoms with E-state index in [2.05, 4.69) is 12.2 Å². The summed E-state index contributed by atoms with van der Waals surface area (Å²) in [6.07, 6.45) is 0. The van der Waals surface area contributed by atoms with Crippen LogP contribution in [0.25, 0.3) is 11.3 Å². The second-order valence-corrected chi connectivity index (χ2v) is 7.79. The van der Waals surface area contributed by atoms with Crippen LogP contribution in [0, 0.1) is 6.92 Å². The van der Waals surface area contributed by atoms with Crippen LogP contribution in [0.5, 0.6) is 11.5 Å². The maximum Gasteiger partial charge on any atom is 0.201 e. The van der Waals surface area contributed by atoms with E-state index in [1.807, 2.05) is 29.6 Å². The zero-order chi connectivity index (χ0) is 18.7. The number of thiocarbonyl (C=S) groups is 1. The first-order valence-corrected chi connectivity index (χ1v) is 9.79. The molecule has 0 spiro atoms. The normalized spacial score (nSPS) is 10.5. The third kappa shape index (κ3) is 3.82. The Morgan fingerprint density at radius 3 is 2.65 bits per heavy atom. The summed E-state index contributed by atoms with van der Waals surface area (Å²) in [7, 11) is 4.85. The van der Waals surface area contributed by atoms with Crippen LogP contribution in [-0.4, -0.2) is 31.4 Å². The molecule has 0 saturated heterocycles. The Morgan fingerprint density at radius 1 is 1.15 bits per heavy atom. The topological polar surface area (TPSA) is 52.6 Å². The summed E-state index contributed by atoms with van der Waals surface area (Å²) in [5, 5.41) is 6.59. The van der Waals surface area contributed by atoms with Gasteiger partial charge in [-0.1, -0.05) is 0 Å². The Kier molecular flexibility index (Phi) is 5.75. The number of methoxy groups -OCH3 is 3. The van der Waals surface area contributed by atoms with Gasteiger partial charge < -0.3 is 19.5 Å². The Labute approximate surface area is 165 Å². The standard InChI is InChI=1S/C18H18N2O3S3/c1-10-12(8-16(26-10)17(24)23-4)14-9-25-18(20-14)19-13-7-11(21-2)5-6-15(13)22-3/h5-9H,1-4H3,(H,19,20). The van der Waals surface area contributed by atoms with E-state index in [-0.39, 0.29) is 0 Å². The minimum Gasteiger partial charge on any atom is -0.497 e. The Hall–Kier alpha value is -2.16. The smallest absolute Gasteiger partial charge is 0.201 e. The molecule has 0 radical (unpaired) electrons. The van der Waals surface area contributed by atoms with Crippen LogP contribution in [0.4, 0.5) is 10.8 Å². The van der Waals surface area contributed by atoms with Crippen molar-refractivity contribution in [1.82, 2.24) is 4.98 Å². The van der Waals surface area contributed by atoms with Gasteiger partial charge in [0.2, 0.25) is 5.05 Å². The second-order valence-electron chi connectivity index (χ2n) is 5.30. The summed E-state index contributed by atoms with van der Waals surface area (Å²) in [4.78, 5) is 6.78. The van der Waals surface area contributed by atoms with E-state index >= 15 is 0 Å². The highest BCUT2D eigenvalue weighted by atomic mass is 32.1. The molecule has 0 saturated carbocycles. The van der Waals surface area contributed by atoms with E-state index in [9.17, 15) is 0 Å². The molecule has 0 aliphatic rings. The Bertz CT molecular complexity index is 934. The molecule has 1 N–H and O–H groups in total. The lowest BCUT2D eigenvalue weighted by Crippen LogP contribution is -1.95. The molecule has 0 aliphatic heterocycles. The second kappa shape index (κ2) is 8.03. The van der Waals surface area contributed by atoms with Gasteiger partial charge in [0.05, 0.1) is 37.6 Å². The monoisotopic (exact) mass is 406 g/mol. The third-order valence-electron chi connectivity index (χ3n) is 3.73. The number of benzene rings is 1. The minimum absolute atomic E-state index is 0.499. The van der Waals surface area contributed by atoms with Crippen molar-refractivity contribution in [2.75, 3.05) is 26.6 Å². The van der Waals surface area contributed by atoms with Gasteiger partial charge in [0.1, 0.15) is 11.5 Å². The van der Waals surface area contributed by atoms with Crippen molar-refractivity contribution in [3.05, 3.63) is 39.4 Å². The van der Waals surface area contributed by atoms with Crippen molar-refractivity contribution in [3.8, 4) is 22.8 Å². The first-order chi connectivity index (χ1) is 12.5. The van der Waals surface area contributed by atoms with Crippen LogP contribution < -0.4 is 14.8 Å². The number of nitrogens with one attached hydrogen (secondary N) is 1. The fourth-order valence-electron chi connectivity index (χ4n) is 2.42. The molecule has 8 heteroatoms. The first-order valence-electron chi connectivity index (χ1n) is 7.69. The summed E-state index contributed by atoms with van der Waals surface area (Å²) in [5.74, 6) is 1.47. The lowest BCUT2D eigenvalue weighted by molar-refractivity contribution is 0.405. The molecular formula is C18H18N2O3S3. The number of hydrogen-bond acceptors (Lipinski definition) is 8. The molecule has 0 unspecified atom stereocenters. The van der Waals surface area contributed by atoms with Gasteiger partial charge in [-0.15, -0.1) is 22.7 Å². The van der Waals surface area contributed by atoms with Gasteiger partial charge in [-0.3, -0.25) is 0 Å². The van der Waals surface area contributed by atoms with Gasteiger partial charge in [-0.05, 0) is 37.3 Å². The van der Waals surface area contributed by atoms with Crippen molar-refractivity contribution in [2.24, 2.45) is 0 Å². The molecule has 136 valence electrons. The quantitative estimate of drug-likeness (QED) is 0.563. The highest BCUT2D eigenvalue weighted by Crippen LogP contribution is 2.36. The molecule has 0 bridgehead atoms. The number of aryl methyl sites for hydroxylation is 1. The van der Waals surface area contributed by atoms with Gasteiger partial charge in [0.25, 0.3) is 0 Å². The van der Waals surface area contributed by atoms with Crippen LogP contribution in [0.2, 0.25) is 0 Å². The van der Waals surface area contributed by atoms with E-state index in [1.165, 1.54) is 11.3 Å². The average molecular weight is 407 g/mol. The SMILES string of the molecule is COC(=S)c1cc(-c2csc(Nc3cc(OC)ccc3OC)n2)c(C)s1. The summed E-state index contributed by atoms with van der Waals surface area (Å²) in [6.45, 7) is 2.05. The summed E-state index contributed by atoms with van der Waals surface area (Å²) in [6, 6.07) is 7.62. The van der Waals surface area contributed by atoms with E-state index in [0.29, 0.717) is 5.05 Å². The zero-order valence-electron chi connectivity index (χ0n) is 14.8. The molecule has 0 aliphatic carbocycles. The van der Waals surface area contributed by atoms with E-state index in [0.717, 1.165) is 43.3 Å². The maximum atomic E-state index is 5.40. The third-order valence-corrected chi connectivity index (χ3v) is 6.06. The fraction of sp³-hybridized carbons (Fsp3) is 0.222. The molecule has 26 heavy (non-hydrogen) atoms. The molecular weight excluding hydrogens is 388 g/mol. The molecule has 0 fully saturated rings. The van der Waals surface area contributed by atoms with E-state index < -0.39 is 0 Å². The molecule has 0 amide bonds. The largest absolute Gasteiger partial charge is 0.497 e. The predicted molar refractivity (Wildman–Crippen MR) is 112 cm³/mol. The Balaban J connectivity index is 1.87. The number of anilines is 2. The van der Waals surface area contributed by atoms with Gasteiger partial charge >= 0.3 is 0 Å². The number of thiazole rings is 1. The van der Waals surface area contributed by atoms with Crippen LogP contribution in [0.3, 0.4) is 0 Å². The number of nitrogens with zero attached hydrogens (tertiary/aromatic N) is 1. The molecule has 2 aromatic heterocycles. The van der Waals surface area contributed by atoms with Crippen LogP contribution >= 0.6 is 34.9 Å². The number of aromatic nitrogens is 1. The van der Waals surface area contributed by atoms with Gasteiger partial charge in [-0.2, -0.15) is 0 Å². The lowest BCUT2D eigenvalue weighted by atomic mass is 10.2. The van der Waals surface area contributed by atoms with Crippen molar-refractivity contribution in [2.45, 2.75) is 6.92 Å². The van der Waals surface area contributed by atoms with E-state index in [1.54, 1.807) is 32.7 Å². The molecule has 2 heterocycles. The van der Waals surface area contributed by atoms with Crippen LogP contribution in [0.15, 0.2) is 29.6 Å². The van der Waals surface area contributed by atoms with Crippen LogP contribution in [-0.2, 0) is 4.74 Å². The van der Waals surface area contributed by atoms with E-state index in [4.69, 9.17) is 31.4 Å². The fourth-order valence-corrected chi connectivity index (χ4v) is 4.27.